The predicted octanol–water partition coefficient (Wildman–Crippen LogP) is 5.67. The fourth-order valence-corrected chi connectivity index (χ4v) is 8.09. The Kier molecular flexibility index (Phi) is 2.98. The van der Waals surface area contributed by atoms with Gasteiger partial charge in [0.25, 0.3) is 0 Å². The van der Waals surface area contributed by atoms with Crippen molar-refractivity contribution in [3.8, 4) is 0 Å². The van der Waals surface area contributed by atoms with Crippen molar-refractivity contribution in [1.29, 1.82) is 0 Å². The van der Waals surface area contributed by atoms with Gasteiger partial charge in [-0.05, 0) is 85.9 Å². The van der Waals surface area contributed by atoms with Crippen LogP contribution in [0.5, 0.6) is 0 Å². The number of hydrogen-bond donors (Lipinski definition) is 0. The Labute approximate surface area is 125 Å². The highest BCUT2D eigenvalue weighted by atomic mass is 14.6. The SMILES string of the molecule is C1CCC2C(C1)CC1C2CCC2C3CCCCC3CC21. The zero-order valence-electron chi connectivity index (χ0n) is 13.1. The first-order valence-electron chi connectivity index (χ1n) is 9.92. The lowest BCUT2D eigenvalue weighted by molar-refractivity contribution is 0.0840. The Morgan fingerprint density at radius 2 is 0.800 bits per heavy atom. The Balaban J connectivity index is 1.40. The average Bonchev–Trinajstić information content (AvgIpc) is 3.05. The van der Waals surface area contributed by atoms with E-state index < -0.39 is 0 Å². The molecule has 5 aliphatic rings. The molecule has 0 heteroatoms. The summed E-state index contributed by atoms with van der Waals surface area (Å²) in [5.74, 6) is 9.43. The van der Waals surface area contributed by atoms with Crippen LogP contribution in [-0.2, 0) is 0 Å². The first-order valence-corrected chi connectivity index (χ1v) is 9.92. The van der Waals surface area contributed by atoms with Crippen LogP contribution < -0.4 is 0 Å². The monoisotopic (exact) mass is 272 g/mol. The molecule has 5 aliphatic carbocycles. The quantitative estimate of drug-likeness (QED) is 0.533. The Morgan fingerprint density at radius 3 is 1.30 bits per heavy atom. The molecule has 0 nitrogen and oxygen atoms in total. The summed E-state index contributed by atoms with van der Waals surface area (Å²) in [6.45, 7) is 0. The minimum atomic E-state index is 1.17. The van der Waals surface area contributed by atoms with Crippen molar-refractivity contribution in [3.05, 3.63) is 0 Å². The highest BCUT2D eigenvalue weighted by Crippen LogP contribution is 2.63. The third-order valence-corrected chi connectivity index (χ3v) is 8.67. The smallest absolute Gasteiger partial charge is 0.0349 e. The van der Waals surface area contributed by atoms with E-state index in [1.54, 1.807) is 77.0 Å². The van der Waals surface area contributed by atoms with Crippen LogP contribution in [0.15, 0.2) is 0 Å². The van der Waals surface area contributed by atoms with Gasteiger partial charge in [0.15, 0.2) is 0 Å². The molecule has 5 fully saturated rings. The molecule has 0 aromatic carbocycles. The molecule has 5 saturated carbocycles. The van der Waals surface area contributed by atoms with Gasteiger partial charge in [0, 0.05) is 0 Å². The van der Waals surface area contributed by atoms with Crippen molar-refractivity contribution in [3.63, 3.8) is 0 Å². The van der Waals surface area contributed by atoms with Crippen LogP contribution in [-0.4, -0.2) is 0 Å². The van der Waals surface area contributed by atoms with Crippen LogP contribution in [0.4, 0.5) is 0 Å². The molecular formula is C20H32. The lowest BCUT2D eigenvalue weighted by Crippen LogP contribution is -2.33. The van der Waals surface area contributed by atoms with E-state index in [0.717, 1.165) is 0 Å². The molecule has 112 valence electrons. The van der Waals surface area contributed by atoms with Crippen LogP contribution in [0.3, 0.4) is 0 Å². The maximum absolute atomic E-state index is 1.66. The van der Waals surface area contributed by atoms with E-state index in [2.05, 4.69) is 0 Å². The molecule has 0 bridgehead atoms. The van der Waals surface area contributed by atoms with Crippen LogP contribution in [0.2, 0.25) is 0 Å². The maximum Gasteiger partial charge on any atom is -0.0349 e. The molecule has 0 amide bonds. The van der Waals surface area contributed by atoms with Gasteiger partial charge in [0.05, 0.1) is 0 Å². The van der Waals surface area contributed by atoms with Crippen molar-refractivity contribution in [2.75, 3.05) is 0 Å². The van der Waals surface area contributed by atoms with E-state index in [1.807, 2.05) is 0 Å². The lowest BCUT2D eigenvalue weighted by atomic mass is 9.64. The molecule has 0 saturated heterocycles. The first kappa shape index (κ1) is 12.5. The minimum absolute atomic E-state index is 1.17. The molecule has 0 aromatic rings. The molecular weight excluding hydrogens is 240 g/mol. The van der Waals surface area contributed by atoms with Crippen molar-refractivity contribution in [2.24, 2.45) is 47.3 Å². The first-order chi connectivity index (χ1) is 9.92. The topological polar surface area (TPSA) is 0 Å². The molecule has 0 radical (unpaired) electrons. The normalized spacial score (nSPS) is 57.6. The molecule has 20 heavy (non-hydrogen) atoms. The fourth-order valence-electron chi connectivity index (χ4n) is 8.09. The predicted molar refractivity (Wildman–Crippen MR) is 83.3 cm³/mol. The molecule has 0 spiro atoms. The van der Waals surface area contributed by atoms with Gasteiger partial charge in [-0.3, -0.25) is 0 Å². The minimum Gasteiger partial charge on any atom is -0.0530 e. The van der Waals surface area contributed by atoms with Gasteiger partial charge in [0.2, 0.25) is 0 Å². The Hall–Kier alpha value is 0. The third kappa shape index (κ3) is 1.72. The average molecular weight is 272 g/mol. The van der Waals surface area contributed by atoms with Crippen molar-refractivity contribution in [2.45, 2.75) is 77.0 Å². The van der Waals surface area contributed by atoms with Crippen molar-refractivity contribution in [1.82, 2.24) is 0 Å². The fraction of sp³-hybridized carbons (Fsp3) is 1.00. The van der Waals surface area contributed by atoms with Gasteiger partial charge in [-0.2, -0.15) is 0 Å². The van der Waals surface area contributed by atoms with Crippen LogP contribution in [0, 0.1) is 47.3 Å². The zero-order chi connectivity index (χ0) is 13.1. The highest BCUT2D eigenvalue weighted by Gasteiger charge is 2.55. The van der Waals surface area contributed by atoms with Gasteiger partial charge in [0.1, 0.15) is 0 Å². The molecule has 8 atom stereocenters. The number of rotatable bonds is 0. The summed E-state index contributed by atoms with van der Waals surface area (Å²) >= 11 is 0. The molecule has 0 N–H and O–H groups in total. The summed E-state index contributed by atoms with van der Waals surface area (Å²) < 4.78 is 0. The molecule has 8 unspecified atom stereocenters. The van der Waals surface area contributed by atoms with Gasteiger partial charge in [-0.15, -0.1) is 0 Å². The van der Waals surface area contributed by atoms with Crippen LogP contribution in [0.1, 0.15) is 77.0 Å². The largest absolute Gasteiger partial charge is 0.0530 e. The Bertz CT molecular complexity index is 336. The maximum atomic E-state index is 1.66. The summed E-state index contributed by atoms with van der Waals surface area (Å²) in [5.41, 5.74) is 0. The number of fused-ring (bicyclic) bond motifs is 7. The van der Waals surface area contributed by atoms with Crippen molar-refractivity contribution < 1.29 is 0 Å². The van der Waals surface area contributed by atoms with E-state index >= 15 is 0 Å². The summed E-state index contributed by atoms with van der Waals surface area (Å²) in [5, 5.41) is 0. The van der Waals surface area contributed by atoms with Gasteiger partial charge >= 0.3 is 0 Å². The second-order valence-electron chi connectivity index (χ2n) is 9.12. The van der Waals surface area contributed by atoms with E-state index in [1.165, 1.54) is 47.3 Å². The van der Waals surface area contributed by atoms with Crippen LogP contribution in [0.25, 0.3) is 0 Å². The highest BCUT2D eigenvalue weighted by molar-refractivity contribution is 5.04. The van der Waals surface area contributed by atoms with Gasteiger partial charge in [-0.25, -0.2) is 0 Å². The Morgan fingerprint density at radius 1 is 0.350 bits per heavy atom. The van der Waals surface area contributed by atoms with E-state index in [0.29, 0.717) is 0 Å². The van der Waals surface area contributed by atoms with Crippen molar-refractivity contribution >= 4 is 0 Å². The van der Waals surface area contributed by atoms with Gasteiger partial charge < -0.3 is 0 Å². The summed E-state index contributed by atoms with van der Waals surface area (Å²) in [7, 11) is 0. The molecule has 0 aliphatic heterocycles. The second-order valence-corrected chi connectivity index (χ2v) is 9.12. The lowest BCUT2D eigenvalue weighted by Gasteiger charge is -2.41. The van der Waals surface area contributed by atoms with E-state index in [4.69, 9.17) is 0 Å². The third-order valence-electron chi connectivity index (χ3n) is 8.67. The van der Waals surface area contributed by atoms with Gasteiger partial charge in [-0.1, -0.05) is 38.5 Å². The standard InChI is InChI=1S/C20H32/c1-3-7-15-13(5-1)11-19-17(15)9-10-18-16-8-4-2-6-14(16)12-20(18)19/h13-20H,1-12H2. The van der Waals surface area contributed by atoms with E-state index in [-0.39, 0.29) is 0 Å². The summed E-state index contributed by atoms with van der Waals surface area (Å²) in [6.07, 6.45) is 19.2. The molecule has 5 rings (SSSR count). The summed E-state index contributed by atoms with van der Waals surface area (Å²) in [6, 6.07) is 0. The summed E-state index contributed by atoms with van der Waals surface area (Å²) in [4.78, 5) is 0. The molecule has 0 aromatic heterocycles. The second kappa shape index (κ2) is 4.75. The molecule has 0 heterocycles. The zero-order valence-corrected chi connectivity index (χ0v) is 13.1. The van der Waals surface area contributed by atoms with Crippen LogP contribution >= 0.6 is 0 Å². The van der Waals surface area contributed by atoms with E-state index in [9.17, 15) is 0 Å². The number of hydrogen-bond acceptors (Lipinski definition) is 0.